The summed E-state index contributed by atoms with van der Waals surface area (Å²) >= 11 is 0. The van der Waals surface area contributed by atoms with Crippen molar-refractivity contribution in [1.82, 2.24) is 10.4 Å². The van der Waals surface area contributed by atoms with E-state index in [-0.39, 0.29) is 5.91 Å². The molecule has 1 amide bonds. The molecule has 0 saturated carbocycles. The van der Waals surface area contributed by atoms with Gasteiger partial charge in [-0.25, -0.2) is 5.43 Å². The van der Waals surface area contributed by atoms with Gasteiger partial charge in [-0.1, -0.05) is 0 Å². The highest BCUT2D eigenvalue weighted by molar-refractivity contribution is 5.94. The Morgan fingerprint density at radius 3 is 2.62 bits per heavy atom. The molecule has 0 atom stereocenters. The molecule has 1 N–H and O–H groups in total. The average molecular weight is 327 g/mol. The van der Waals surface area contributed by atoms with Crippen LogP contribution < -0.4 is 14.9 Å². The summed E-state index contributed by atoms with van der Waals surface area (Å²) in [6.07, 6.45) is 2.94. The van der Waals surface area contributed by atoms with Crippen molar-refractivity contribution in [2.75, 3.05) is 7.11 Å². The van der Waals surface area contributed by atoms with E-state index in [1.54, 1.807) is 30.3 Å². The van der Waals surface area contributed by atoms with Gasteiger partial charge in [0.2, 0.25) is 0 Å². The van der Waals surface area contributed by atoms with Gasteiger partial charge < -0.3 is 9.47 Å². The number of rotatable bonds is 5. The number of ether oxygens (including phenoxy) is 2. The Kier molecular flexibility index (Phi) is 5.62. The van der Waals surface area contributed by atoms with Crippen LogP contribution in [0.5, 0.6) is 11.5 Å². The number of esters is 1. The number of aromatic nitrogens is 1. The molecule has 0 aliphatic rings. The van der Waals surface area contributed by atoms with Gasteiger partial charge in [0, 0.05) is 18.8 Å². The maximum absolute atomic E-state index is 11.9. The number of amides is 1. The van der Waals surface area contributed by atoms with Crippen LogP contribution in [0.4, 0.5) is 0 Å². The van der Waals surface area contributed by atoms with Gasteiger partial charge in [-0.2, -0.15) is 5.10 Å². The van der Waals surface area contributed by atoms with Crippen LogP contribution in [0.2, 0.25) is 0 Å². The second-order valence-electron chi connectivity index (χ2n) is 4.89. The fraction of sp³-hybridized carbons (Fsp3) is 0.176. The van der Waals surface area contributed by atoms with Gasteiger partial charge in [0.1, 0.15) is 0 Å². The van der Waals surface area contributed by atoms with Crippen molar-refractivity contribution in [2.24, 2.45) is 5.10 Å². The first-order valence-corrected chi connectivity index (χ1v) is 7.12. The summed E-state index contributed by atoms with van der Waals surface area (Å²) in [6.45, 7) is 3.15. The number of hydrazone groups is 1. The van der Waals surface area contributed by atoms with Crippen molar-refractivity contribution >= 4 is 18.1 Å². The first kappa shape index (κ1) is 17.1. The van der Waals surface area contributed by atoms with E-state index in [1.165, 1.54) is 26.4 Å². The van der Waals surface area contributed by atoms with Crippen LogP contribution in [0.1, 0.15) is 28.5 Å². The maximum atomic E-state index is 11.9. The average Bonchev–Trinajstić information content (AvgIpc) is 2.56. The molecule has 7 nitrogen and oxygen atoms in total. The Labute approximate surface area is 139 Å². The Morgan fingerprint density at radius 1 is 1.21 bits per heavy atom. The summed E-state index contributed by atoms with van der Waals surface area (Å²) < 4.78 is 10.2. The van der Waals surface area contributed by atoms with Crippen LogP contribution in [0.25, 0.3) is 0 Å². The molecule has 0 fully saturated rings. The van der Waals surface area contributed by atoms with Crippen LogP contribution in [0, 0.1) is 6.92 Å². The molecule has 1 aromatic heterocycles. The van der Waals surface area contributed by atoms with E-state index in [0.717, 1.165) is 5.69 Å². The van der Waals surface area contributed by atoms with E-state index in [4.69, 9.17) is 9.47 Å². The molecule has 1 heterocycles. The summed E-state index contributed by atoms with van der Waals surface area (Å²) in [6, 6.07) is 8.33. The fourth-order valence-electron chi connectivity index (χ4n) is 1.84. The smallest absolute Gasteiger partial charge is 0.308 e. The molecule has 24 heavy (non-hydrogen) atoms. The van der Waals surface area contributed by atoms with Crippen molar-refractivity contribution in [3.63, 3.8) is 0 Å². The molecule has 0 bridgehead atoms. The van der Waals surface area contributed by atoms with Crippen molar-refractivity contribution in [2.45, 2.75) is 13.8 Å². The SMILES string of the molecule is COc1cc(C=NNC(=O)c2ccc(C)nc2)ccc1OC(C)=O. The van der Waals surface area contributed by atoms with Crippen LogP contribution in [-0.2, 0) is 4.79 Å². The molecule has 2 rings (SSSR count). The number of aryl methyl sites for hydroxylation is 1. The van der Waals surface area contributed by atoms with Gasteiger partial charge in [0.25, 0.3) is 5.91 Å². The Morgan fingerprint density at radius 2 is 2.00 bits per heavy atom. The molecular formula is C17H17N3O4. The molecular weight excluding hydrogens is 310 g/mol. The highest BCUT2D eigenvalue weighted by atomic mass is 16.6. The fourth-order valence-corrected chi connectivity index (χ4v) is 1.84. The lowest BCUT2D eigenvalue weighted by Gasteiger charge is -2.08. The topological polar surface area (TPSA) is 89.9 Å². The van der Waals surface area contributed by atoms with E-state index in [1.807, 2.05) is 6.92 Å². The molecule has 0 aliphatic carbocycles. The first-order valence-electron chi connectivity index (χ1n) is 7.12. The number of hydrogen-bond acceptors (Lipinski definition) is 6. The summed E-state index contributed by atoms with van der Waals surface area (Å²) in [5.41, 5.74) is 4.33. The van der Waals surface area contributed by atoms with Gasteiger partial charge in [0.05, 0.1) is 18.9 Å². The molecule has 124 valence electrons. The van der Waals surface area contributed by atoms with Crippen molar-refractivity contribution in [3.05, 3.63) is 53.3 Å². The predicted molar refractivity (Wildman–Crippen MR) is 88.3 cm³/mol. The van der Waals surface area contributed by atoms with E-state index >= 15 is 0 Å². The number of nitrogens with one attached hydrogen (secondary N) is 1. The van der Waals surface area contributed by atoms with Gasteiger partial charge in [-0.05, 0) is 42.8 Å². The third-order valence-electron chi connectivity index (χ3n) is 2.99. The number of benzene rings is 1. The lowest BCUT2D eigenvalue weighted by atomic mass is 10.2. The molecule has 0 aliphatic heterocycles. The quantitative estimate of drug-likeness (QED) is 0.393. The maximum Gasteiger partial charge on any atom is 0.308 e. The largest absolute Gasteiger partial charge is 0.493 e. The molecule has 0 unspecified atom stereocenters. The summed E-state index contributed by atoms with van der Waals surface area (Å²) in [5.74, 6) is -0.0870. The first-order chi connectivity index (χ1) is 11.5. The molecule has 7 heteroatoms. The Balaban J connectivity index is 2.04. The van der Waals surface area contributed by atoms with E-state index in [0.29, 0.717) is 22.6 Å². The van der Waals surface area contributed by atoms with Crippen molar-refractivity contribution in [1.29, 1.82) is 0 Å². The lowest BCUT2D eigenvalue weighted by Crippen LogP contribution is -2.17. The summed E-state index contributed by atoms with van der Waals surface area (Å²) in [7, 11) is 1.47. The number of nitrogens with zero attached hydrogens (tertiary/aromatic N) is 2. The number of carbonyl (C=O) groups excluding carboxylic acids is 2. The third kappa shape index (κ3) is 4.64. The standard InChI is InChI=1S/C17H17N3O4/c1-11-4-6-14(10-18-11)17(22)20-19-9-13-5-7-15(24-12(2)21)16(8-13)23-3/h4-10H,1-3H3,(H,20,22). The second kappa shape index (κ2) is 7.87. The normalized spacial score (nSPS) is 10.5. The number of carbonyl (C=O) groups is 2. The Bertz CT molecular complexity index is 770. The van der Waals surface area contributed by atoms with E-state index in [9.17, 15) is 9.59 Å². The van der Waals surface area contributed by atoms with E-state index < -0.39 is 5.97 Å². The predicted octanol–water partition coefficient (Wildman–Crippen LogP) is 2.09. The Hall–Kier alpha value is -3.22. The number of hydrogen-bond donors (Lipinski definition) is 1. The lowest BCUT2D eigenvalue weighted by molar-refractivity contribution is -0.132. The zero-order chi connectivity index (χ0) is 17.5. The van der Waals surface area contributed by atoms with Gasteiger partial charge in [0.15, 0.2) is 11.5 Å². The third-order valence-corrected chi connectivity index (χ3v) is 2.99. The summed E-state index contributed by atoms with van der Waals surface area (Å²) in [4.78, 5) is 27.0. The van der Waals surface area contributed by atoms with Gasteiger partial charge in [-0.3, -0.25) is 14.6 Å². The molecule has 0 saturated heterocycles. The monoisotopic (exact) mass is 327 g/mol. The highest BCUT2D eigenvalue weighted by Gasteiger charge is 2.07. The van der Waals surface area contributed by atoms with Crippen LogP contribution in [0.3, 0.4) is 0 Å². The molecule has 1 aromatic carbocycles. The van der Waals surface area contributed by atoms with Crippen LogP contribution in [0.15, 0.2) is 41.6 Å². The van der Waals surface area contributed by atoms with Gasteiger partial charge >= 0.3 is 5.97 Å². The van der Waals surface area contributed by atoms with E-state index in [2.05, 4.69) is 15.5 Å². The minimum Gasteiger partial charge on any atom is -0.493 e. The molecule has 0 radical (unpaired) electrons. The zero-order valence-corrected chi connectivity index (χ0v) is 13.6. The minimum atomic E-state index is -0.436. The van der Waals surface area contributed by atoms with Crippen molar-refractivity contribution < 1.29 is 19.1 Å². The van der Waals surface area contributed by atoms with Crippen LogP contribution >= 0.6 is 0 Å². The zero-order valence-electron chi connectivity index (χ0n) is 13.6. The van der Waals surface area contributed by atoms with Gasteiger partial charge in [-0.15, -0.1) is 0 Å². The van der Waals surface area contributed by atoms with Crippen molar-refractivity contribution in [3.8, 4) is 11.5 Å². The summed E-state index contributed by atoms with van der Waals surface area (Å²) in [5, 5.41) is 3.89. The minimum absolute atomic E-state index is 0.317. The highest BCUT2D eigenvalue weighted by Crippen LogP contribution is 2.27. The number of pyridine rings is 1. The van der Waals surface area contributed by atoms with Crippen LogP contribution in [-0.4, -0.2) is 30.2 Å². The number of methoxy groups -OCH3 is 1. The molecule has 0 spiro atoms. The second-order valence-corrected chi connectivity index (χ2v) is 4.89. The molecule has 2 aromatic rings.